The van der Waals surface area contributed by atoms with E-state index in [9.17, 15) is 15.0 Å². The van der Waals surface area contributed by atoms with Crippen LogP contribution in [0, 0.1) is 6.92 Å². The van der Waals surface area contributed by atoms with Crippen LogP contribution in [0.1, 0.15) is 53.8 Å². The van der Waals surface area contributed by atoms with Gasteiger partial charge in [-0.15, -0.1) is 10.2 Å². The zero-order valence-electron chi connectivity index (χ0n) is 18.9. The van der Waals surface area contributed by atoms with Gasteiger partial charge in [-0.3, -0.25) is 0 Å². The molecule has 0 saturated heterocycles. The van der Waals surface area contributed by atoms with E-state index in [1.165, 1.54) is 6.42 Å². The van der Waals surface area contributed by atoms with Gasteiger partial charge in [0.1, 0.15) is 17.4 Å². The number of aryl methyl sites for hydroxylation is 1. The molecule has 5 rings (SSSR count). The van der Waals surface area contributed by atoms with Gasteiger partial charge in [-0.1, -0.05) is 48.9 Å². The minimum Gasteiger partial charge on any atom is -0.491 e. The number of aromatic nitrogens is 4. The number of carboxylic acids is 1. The normalized spacial score (nSPS) is 14.4. The van der Waals surface area contributed by atoms with Crippen molar-refractivity contribution < 1.29 is 19.7 Å². The SMILES string of the molecule is Cc1nc2c(OC3CCCCC3)nnc(O)c2n1Cc1ccc(-c2ccccc2C(=O)O)cc1. The second-order valence-electron chi connectivity index (χ2n) is 8.70. The van der Waals surface area contributed by atoms with Crippen molar-refractivity contribution in [3.05, 3.63) is 65.5 Å². The lowest BCUT2D eigenvalue weighted by molar-refractivity contribution is 0.0697. The van der Waals surface area contributed by atoms with Crippen LogP contribution >= 0.6 is 0 Å². The number of ether oxygens (including phenoxy) is 1. The van der Waals surface area contributed by atoms with Gasteiger partial charge in [0.05, 0.1) is 5.56 Å². The Balaban J connectivity index is 1.44. The summed E-state index contributed by atoms with van der Waals surface area (Å²) < 4.78 is 8.02. The van der Waals surface area contributed by atoms with Crippen molar-refractivity contribution in [2.75, 3.05) is 0 Å². The average molecular weight is 459 g/mol. The van der Waals surface area contributed by atoms with Crippen molar-refractivity contribution in [2.45, 2.75) is 51.7 Å². The quantitative estimate of drug-likeness (QED) is 0.420. The van der Waals surface area contributed by atoms with E-state index in [-0.39, 0.29) is 17.5 Å². The number of aromatic hydroxyl groups is 1. The first-order valence-electron chi connectivity index (χ1n) is 11.5. The van der Waals surface area contributed by atoms with Crippen molar-refractivity contribution >= 4 is 17.0 Å². The Labute approximate surface area is 196 Å². The maximum atomic E-state index is 11.6. The Morgan fingerprint density at radius 3 is 2.53 bits per heavy atom. The van der Waals surface area contributed by atoms with E-state index in [1.807, 2.05) is 41.8 Å². The van der Waals surface area contributed by atoms with E-state index in [0.717, 1.165) is 36.8 Å². The average Bonchev–Trinajstić information content (AvgIpc) is 3.19. The second-order valence-corrected chi connectivity index (χ2v) is 8.70. The molecule has 0 radical (unpaired) electrons. The maximum Gasteiger partial charge on any atom is 0.336 e. The molecular formula is C26H26N4O4. The standard InChI is InChI=1S/C26H26N4O4/c1-16-27-22-23(24(31)28-29-25(22)34-19-7-3-2-4-8-19)30(16)15-17-11-13-18(14-12-17)20-9-5-6-10-21(20)26(32)33/h5-6,9-14,19H,2-4,7-8,15H2,1H3,(H,28,31)(H,32,33). The Hall–Kier alpha value is -3.94. The summed E-state index contributed by atoms with van der Waals surface area (Å²) in [6, 6.07) is 14.7. The van der Waals surface area contributed by atoms with Crippen molar-refractivity contribution in [3.8, 4) is 22.9 Å². The molecule has 2 N–H and O–H groups in total. The van der Waals surface area contributed by atoms with E-state index in [4.69, 9.17) is 4.74 Å². The van der Waals surface area contributed by atoms with Gasteiger partial charge in [-0.2, -0.15) is 0 Å². The molecule has 0 unspecified atom stereocenters. The van der Waals surface area contributed by atoms with E-state index in [0.29, 0.717) is 34.8 Å². The van der Waals surface area contributed by atoms with Gasteiger partial charge in [0.25, 0.3) is 11.8 Å². The fraction of sp³-hybridized carbons (Fsp3) is 0.308. The highest BCUT2D eigenvalue weighted by Gasteiger charge is 2.22. The van der Waals surface area contributed by atoms with Crippen LogP contribution in [0.15, 0.2) is 48.5 Å². The molecular weight excluding hydrogens is 432 g/mol. The Kier molecular flexibility index (Phi) is 5.88. The number of benzene rings is 2. The monoisotopic (exact) mass is 458 g/mol. The molecule has 2 heterocycles. The third-order valence-corrected chi connectivity index (χ3v) is 6.40. The van der Waals surface area contributed by atoms with Crippen molar-refractivity contribution in [1.82, 2.24) is 19.7 Å². The topological polar surface area (TPSA) is 110 Å². The van der Waals surface area contributed by atoms with E-state index < -0.39 is 5.97 Å². The first-order chi connectivity index (χ1) is 16.5. The van der Waals surface area contributed by atoms with Crippen LogP contribution < -0.4 is 4.74 Å². The van der Waals surface area contributed by atoms with Crippen LogP contribution in [-0.2, 0) is 6.54 Å². The molecule has 0 bridgehead atoms. The minimum absolute atomic E-state index is 0.0995. The lowest BCUT2D eigenvalue weighted by Crippen LogP contribution is -2.20. The second kappa shape index (κ2) is 9.13. The largest absolute Gasteiger partial charge is 0.491 e. The molecule has 8 nitrogen and oxygen atoms in total. The summed E-state index contributed by atoms with van der Waals surface area (Å²) in [6.07, 6.45) is 5.58. The summed E-state index contributed by atoms with van der Waals surface area (Å²) in [4.78, 5) is 16.2. The molecule has 1 aliphatic carbocycles. The molecule has 8 heteroatoms. The number of hydrogen-bond acceptors (Lipinski definition) is 6. The molecule has 0 spiro atoms. The number of aromatic carboxylic acids is 1. The molecule has 2 aromatic carbocycles. The third kappa shape index (κ3) is 4.19. The van der Waals surface area contributed by atoms with Gasteiger partial charge in [-0.05, 0) is 55.4 Å². The van der Waals surface area contributed by atoms with Crippen LogP contribution in [0.5, 0.6) is 11.8 Å². The Morgan fingerprint density at radius 1 is 1.06 bits per heavy atom. The molecule has 174 valence electrons. The Bertz CT molecular complexity index is 1340. The summed E-state index contributed by atoms with van der Waals surface area (Å²) in [5.41, 5.74) is 3.75. The van der Waals surface area contributed by atoms with Crippen LogP contribution in [0.3, 0.4) is 0 Å². The van der Waals surface area contributed by atoms with E-state index >= 15 is 0 Å². The van der Waals surface area contributed by atoms with Gasteiger partial charge in [0.15, 0.2) is 5.52 Å². The number of imidazole rings is 1. The van der Waals surface area contributed by atoms with Crippen molar-refractivity contribution in [1.29, 1.82) is 0 Å². The highest BCUT2D eigenvalue weighted by Crippen LogP contribution is 2.32. The molecule has 4 aromatic rings. The zero-order chi connectivity index (χ0) is 23.7. The van der Waals surface area contributed by atoms with Crippen LogP contribution in [0.4, 0.5) is 0 Å². The number of fused-ring (bicyclic) bond motifs is 1. The maximum absolute atomic E-state index is 11.6. The Morgan fingerprint density at radius 2 is 1.79 bits per heavy atom. The van der Waals surface area contributed by atoms with Crippen molar-refractivity contribution in [3.63, 3.8) is 0 Å². The van der Waals surface area contributed by atoms with E-state index in [1.54, 1.807) is 18.2 Å². The highest BCUT2D eigenvalue weighted by molar-refractivity contribution is 5.96. The number of carbonyl (C=O) groups is 1. The number of nitrogens with zero attached hydrogens (tertiary/aromatic N) is 4. The molecule has 2 aromatic heterocycles. The predicted molar refractivity (Wildman–Crippen MR) is 127 cm³/mol. The lowest BCUT2D eigenvalue weighted by atomic mass is 9.98. The molecule has 1 aliphatic rings. The van der Waals surface area contributed by atoms with Gasteiger partial charge < -0.3 is 19.5 Å². The van der Waals surface area contributed by atoms with Gasteiger partial charge in [-0.25, -0.2) is 9.78 Å². The van der Waals surface area contributed by atoms with Crippen LogP contribution in [0.2, 0.25) is 0 Å². The number of carboxylic acid groups (broad SMARTS) is 1. The summed E-state index contributed by atoms with van der Waals surface area (Å²) in [5, 5.41) is 28.0. The number of rotatable bonds is 6. The molecule has 0 amide bonds. The minimum atomic E-state index is -0.956. The first-order valence-corrected chi connectivity index (χ1v) is 11.5. The highest BCUT2D eigenvalue weighted by atomic mass is 16.5. The van der Waals surface area contributed by atoms with Crippen LogP contribution in [0.25, 0.3) is 22.2 Å². The van der Waals surface area contributed by atoms with Gasteiger partial charge in [0.2, 0.25) is 0 Å². The predicted octanol–water partition coefficient (Wildman–Crippen LogP) is 4.97. The molecule has 34 heavy (non-hydrogen) atoms. The van der Waals surface area contributed by atoms with Crippen LogP contribution in [-0.4, -0.2) is 42.0 Å². The molecule has 1 fully saturated rings. The lowest BCUT2D eigenvalue weighted by Gasteiger charge is -2.22. The summed E-state index contributed by atoms with van der Waals surface area (Å²) in [6.45, 7) is 2.34. The fourth-order valence-corrected chi connectivity index (χ4v) is 4.64. The van der Waals surface area contributed by atoms with Gasteiger partial charge in [0, 0.05) is 6.54 Å². The summed E-state index contributed by atoms with van der Waals surface area (Å²) in [7, 11) is 0. The summed E-state index contributed by atoms with van der Waals surface area (Å²) in [5.74, 6) is -0.0577. The van der Waals surface area contributed by atoms with Crippen molar-refractivity contribution in [2.24, 2.45) is 0 Å². The molecule has 0 aliphatic heterocycles. The zero-order valence-corrected chi connectivity index (χ0v) is 18.9. The fourth-order valence-electron chi connectivity index (χ4n) is 4.64. The smallest absolute Gasteiger partial charge is 0.336 e. The molecule has 1 saturated carbocycles. The summed E-state index contributed by atoms with van der Waals surface area (Å²) >= 11 is 0. The van der Waals surface area contributed by atoms with Gasteiger partial charge >= 0.3 is 5.97 Å². The third-order valence-electron chi connectivity index (χ3n) is 6.40. The number of hydrogen-bond donors (Lipinski definition) is 2. The van der Waals surface area contributed by atoms with E-state index in [2.05, 4.69) is 15.2 Å². The first kappa shape index (κ1) is 21.9. The molecule has 0 atom stereocenters.